The van der Waals surface area contributed by atoms with Gasteiger partial charge in [-0.05, 0) is 32.6 Å². The fraction of sp³-hybridized carbons (Fsp3) is 0.667. The van der Waals surface area contributed by atoms with Crippen LogP contribution < -0.4 is 10.6 Å². The average Bonchev–Trinajstić information content (AvgIpc) is 2.27. The predicted molar refractivity (Wildman–Crippen MR) is 66.5 cm³/mol. The van der Waals surface area contributed by atoms with Crippen LogP contribution in [0.25, 0.3) is 0 Å². The summed E-state index contributed by atoms with van der Waals surface area (Å²) in [6, 6.07) is 2.50. The van der Waals surface area contributed by atoms with Crippen LogP contribution in [0.1, 0.15) is 38.4 Å². The highest BCUT2D eigenvalue weighted by molar-refractivity contribution is 5.48. The van der Waals surface area contributed by atoms with Crippen LogP contribution in [0.4, 0.5) is 11.6 Å². The SMILES string of the molecule is CC[C@H]1CCCCN1c1cc(N)nc(C)n1. The molecule has 1 atom stereocenters. The summed E-state index contributed by atoms with van der Waals surface area (Å²) in [4.78, 5) is 11.0. The van der Waals surface area contributed by atoms with Crippen molar-refractivity contribution in [2.24, 2.45) is 0 Å². The third-order valence-electron chi connectivity index (χ3n) is 3.24. The number of aromatic nitrogens is 2. The molecule has 0 aromatic carbocycles. The van der Waals surface area contributed by atoms with E-state index < -0.39 is 0 Å². The molecule has 0 spiro atoms. The van der Waals surface area contributed by atoms with Crippen LogP contribution >= 0.6 is 0 Å². The minimum absolute atomic E-state index is 0.572. The Hall–Kier alpha value is -1.32. The van der Waals surface area contributed by atoms with Crippen molar-refractivity contribution in [3.05, 3.63) is 11.9 Å². The van der Waals surface area contributed by atoms with Gasteiger partial charge in [0.2, 0.25) is 0 Å². The summed E-state index contributed by atoms with van der Waals surface area (Å²) in [5.74, 6) is 2.33. The molecule has 0 aliphatic carbocycles. The van der Waals surface area contributed by atoms with Crippen LogP contribution in [0.15, 0.2) is 6.07 Å². The van der Waals surface area contributed by atoms with Crippen molar-refractivity contribution in [1.82, 2.24) is 9.97 Å². The van der Waals surface area contributed by atoms with E-state index in [9.17, 15) is 0 Å². The lowest BCUT2D eigenvalue weighted by Crippen LogP contribution is -2.39. The normalized spacial score (nSPS) is 21.1. The van der Waals surface area contributed by atoms with Crippen LogP contribution in [0, 0.1) is 6.92 Å². The number of nitrogens with two attached hydrogens (primary N) is 1. The number of hydrogen-bond acceptors (Lipinski definition) is 4. The molecule has 2 rings (SSSR count). The van der Waals surface area contributed by atoms with Gasteiger partial charge >= 0.3 is 0 Å². The third kappa shape index (κ3) is 2.26. The number of piperidine rings is 1. The van der Waals surface area contributed by atoms with Crippen molar-refractivity contribution < 1.29 is 0 Å². The zero-order chi connectivity index (χ0) is 11.5. The molecule has 1 aliphatic heterocycles. The molecule has 1 aliphatic rings. The molecule has 0 bridgehead atoms. The second-order valence-electron chi connectivity index (χ2n) is 4.45. The standard InChI is InChI=1S/C12H20N4/c1-3-10-6-4-5-7-16(10)12-8-11(13)14-9(2)15-12/h8,10H,3-7H2,1-2H3,(H2,13,14,15)/t10-/m0/s1. The van der Waals surface area contributed by atoms with Gasteiger partial charge < -0.3 is 10.6 Å². The van der Waals surface area contributed by atoms with Crippen molar-refractivity contribution in [2.75, 3.05) is 17.2 Å². The molecule has 0 unspecified atom stereocenters. The lowest BCUT2D eigenvalue weighted by Gasteiger charge is -2.36. The minimum Gasteiger partial charge on any atom is -0.384 e. The predicted octanol–water partition coefficient (Wildman–Crippen LogP) is 2.14. The molecule has 4 nitrogen and oxygen atoms in total. The van der Waals surface area contributed by atoms with Gasteiger partial charge in [-0.2, -0.15) is 0 Å². The second-order valence-corrected chi connectivity index (χ2v) is 4.45. The van der Waals surface area contributed by atoms with Gasteiger partial charge in [-0.3, -0.25) is 0 Å². The van der Waals surface area contributed by atoms with E-state index in [1.165, 1.54) is 25.7 Å². The number of hydrogen-bond donors (Lipinski definition) is 1. The van der Waals surface area contributed by atoms with E-state index in [0.717, 1.165) is 18.2 Å². The monoisotopic (exact) mass is 220 g/mol. The van der Waals surface area contributed by atoms with Crippen LogP contribution in [0.3, 0.4) is 0 Å². The van der Waals surface area contributed by atoms with Gasteiger partial charge in [0.05, 0.1) is 0 Å². The molecule has 1 aromatic heterocycles. The van der Waals surface area contributed by atoms with Crippen molar-refractivity contribution in [3.63, 3.8) is 0 Å². The van der Waals surface area contributed by atoms with E-state index in [1.54, 1.807) is 0 Å². The van der Waals surface area contributed by atoms with E-state index in [4.69, 9.17) is 5.73 Å². The molecule has 16 heavy (non-hydrogen) atoms. The average molecular weight is 220 g/mol. The summed E-state index contributed by atoms with van der Waals surface area (Å²) in [7, 11) is 0. The number of aryl methyl sites for hydroxylation is 1. The zero-order valence-corrected chi connectivity index (χ0v) is 10.1. The first kappa shape index (κ1) is 11.2. The maximum atomic E-state index is 5.78. The molecular formula is C12H20N4. The van der Waals surface area contributed by atoms with Crippen molar-refractivity contribution in [2.45, 2.75) is 45.6 Å². The molecule has 4 heteroatoms. The molecule has 0 radical (unpaired) electrons. The Labute approximate surface area is 96.9 Å². The summed E-state index contributed by atoms with van der Waals surface area (Å²) >= 11 is 0. The van der Waals surface area contributed by atoms with Gasteiger partial charge in [-0.25, -0.2) is 9.97 Å². The number of anilines is 2. The van der Waals surface area contributed by atoms with Gasteiger partial charge in [-0.1, -0.05) is 6.92 Å². The maximum absolute atomic E-state index is 5.78. The van der Waals surface area contributed by atoms with Gasteiger partial charge in [0.1, 0.15) is 17.5 Å². The van der Waals surface area contributed by atoms with Crippen LogP contribution in [-0.4, -0.2) is 22.6 Å². The molecule has 1 saturated heterocycles. The van der Waals surface area contributed by atoms with Gasteiger partial charge in [0.15, 0.2) is 0 Å². The summed E-state index contributed by atoms with van der Waals surface area (Å²) in [5, 5.41) is 0. The fourth-order valence-corrected chi connectivity index (χ4v) is 2.45. The number of nitrogens with zero attached hydrogens (tertiary/aromatic N) is 3. The van der Waals surface area contributed by atoms with E-state index in [1.807, 2.05) is 13.0 Å². The summed E-state index contributed by atoms with van der Waals surface area (Å²) in [5.41, 5.74) is 5.78. The highest BCUT2D eigenvalue weighted by atomic mass is 15.2. The minimum atomic E-state index is 0.572. The Morgan fingerprint density at radius 1 is 1.44 bits per heavy atom. The Bertz CT molecular complexity index is 344. The number of rotatable bonds is 2. The van der Waals surface area contributed by atoms with E-state index in [-0.39, 0.29) is 0 Å². The quantitative estimate of drug-likeness (QED) is 0.829. The zero-order valence-electron chi connectivity index (χ0n) is 10.1. The molecular weight excluding hydrogens is 200 g/mol. The van der Waals surface area contributed by atoms with E-state index in [2.05, 4.69) is 21.8 Å². The van der Waals surface area contributed by atoms with Crippen molar-refractivity contribution >= 4 is 11.6 Å². The van der Waals surface area contributed by atoms with Crippen LogP contribution in [0.2, 0.25) is 0 Å². The van der Waals surface area contributed by atoms with Gasteiger partial charge in [-0.15, -0.1) is 0 Å². The highest BCUT2D eigenvalue weighted by Crippen LogP contribution is 2.25. The van der Waals surface area contributed by atoms with Gasteiger partial charge in [0, 0.05) is 18.7 Å². The Balaban J connectivity index is 2.26. The van der Waals surface area contributed by atoms with E-state index in [0.29, 0.717) is 11.9 Å². The van der Waals surface area contributed by atoms with E-state index >= 15 is 0 Å². The summed E-state index contributed by atoms with van der Waals surface area (Å²) in [6.45, 7) is 5.22. The van der Waals surface area contributed by atoms with Crippen molar-refractivity contribution in [3.8, 4) is 0 Å². The Morgan fingerprint density at radius 3 is 2.94 bits per heavy atom. The Morgan fingerprint density at radius 2 is 2.25 bits per heavy atom. The molecule has 2 heterocycles. The molecule has 0 saturated carbocycles. The molecule has 1 fully saturated rings. The number of nitrogen functional groups attached to an aromatic ring is 1. The van der Waals surface area contributed by atoms with Crippen LogP contribution in [-0.2, 0) is 0 Å². The first-order chi connectivity index (χ1) is 7.70. The largest absolute Gasteiger partial charge is 0.384 e. The fourth-order valence-electron chi connectivity index (χ4n) is 2.45. The first-order valence-electron chi connectivity index (χ1n) is 6.08. The topological polar surface area (TPSA) is 55.0 Å². The lowest BCUT2D eigenvalue weighted by molar-refractivity contribution is 0.446. The Kier molecular flexibility index (Phi) is 3.27. The summed E-state index contributed by atoms with van der Waals surface area (Å²) in [6.07, 6.45) is 5.01. The molecule has 88 valence electrons. The van der Waals surface area contributed by atoms with Crippen LogP contribution in [0.5, 0.6) is 0 Å². The maximum Gasteiger partial charge on any atom is 0.134 e. The second kappa shape index (κ2) is 4.68. The first-order valence-corrected chi connectivity index (χ1v) is 6.08. The molecule has 0 amide bonds. The lowest BCUT2D eigenvalue weighted by atomic mass is 10.00. The third-order valence-corrected chi connectivity index (χ3v) is 3.24. The molecule has 2 N–H and O–H groups in total. The van der Waals surface area contributed by atoms with Crippen molar-refractivity contribution in [1.29, 1.82) is 0 Å². The highest BCUT2D eigenvalue weighted by Gasteiger charge is 2.22. The summed E-state index contributed by atoms with van der Waals surface area (Å²) < 4.78 is 0. The smallest absolute Gasteiger partial charge is 0.134 e. The molecule has 1 aromatic rings. The van der Waals surface area contributed by atoms with Gasteiger partial charge in [0.25, 0.3) is 0 Å².